The normalized spacial score (nSPS) is 10.1. The standard InChI is InChI=1S/C13H16N4O3/c1-19-10-4-3-8(5-9(10)14)6-15-12-11(20-2)13(18)17-7-16-12/h3-5,7H,6,14H2,1-2H3,(H2,15,16,17,18). The molecule has 0 atom stereocenters. The van der Waals surface area contributed by atoms with E-state index in [0.29, 0.717) is 23.8 Å². The van der Waals surface area contributed by atoms with Crippen LogP contribution in [0.1, 0.15) is 5.56 Å². The first-order valence-corrected chi connectivity index (χ1v) is 5.93. The maximum Gasteiger partial charge on any atom is 0.295 e. The van der Waals surface area contributed by atoms with Gasteiger partial charge in [0.15, 0.2) is 5.82 Å². The predicted molar refractivity (Wildman–Crippen MR) is 76.1 cm³/mol. The number of benzene rings is 1. The third-order valence-corrected chi connectivity index (χ3v) is 2.77. The van der Waals surface area contributed by atoms with E-state index in [9.17, 15) is 4.79 Å². The number of nitrogens with one attached hydrogen (secondary N) is 2. The van der Waals surface area contributed by atoms with Crippen molar-refractivity contribution in [2.45, 2.75) is 6.54 Å². The highest BCUT2D eigenvalue weighted by atomic mass is 16.5. The first-order chi connectivity index (χ1) is 9.65. The quantitative estimate of drug-likeness (QED) is 0.704. The summed E-state index contributed by atoms with van der Waals surface area (Å²) in [6.07, 6.45) is 1.32. The molecule has 0 aliphatic rings. The molecule has 4 N–H and O–H groups in total. The molecule has 0 bridgehead atoms. The van der Waals surface area contributed by atoms with Crippen LogP contribution < -0.4 is 26.1 Å². The fourth-order valence-electron chi connectivity index (χ4n) is 1.78. The molecule has 7 heteroatoms. The van der Waals surface area contributed by atoms with Crippen LogP contribution in [0, 0.1) is 0 Å². The van der Waals surface area contributed by atoms with Crippen LogP contribution in [-0.2, 0) is 6.54 Å². The molecular weight excluding hydrogens is 260 g/mol. The summed E-state index contributed by atoms with van der Waals surface area (Å²) < 4.78 is 10.1. The molecule has 20 heavy (non-hydrogen) atoms. The van der Waals surface area contributed by atoms with Crippen LogP contribution in [0.5, 0.6) is 11.5 Å². The lowest BCUT2D eigenvalue weighted by molar-refractivity contribution is 0.408. The molecular formula is C13H16N4O3. The molecule has 1 aromatic carbocycles. The lowest BCUT2D eigenvalue weighted by atomic mass is 10.2. The number of ether oxygens (including phenoxy) is 2. The Hall–Kier alpha value is -2.70. The maximum absolute atomic E-state index is 11.5. The van der Waals surface area contributed by atoms with Crippen LogP contribution in [0.3, 0.4) is 0 Å². The number of nitrogens with two attached hydrogens (primary N) is 1. The Morgan fingerprint density at radius 2 is 2.15 bits per heavy atom. The lowest BCUT2D eigenvalue weighted by Gasteiger charge is -2.10. The van der Waals surface area contributed by atoms with Crippen molar-refractivity contribution in [2.24, 2.45) is 0 Å². The maximum atomic E-state index is 11.5. The number of nitrogen functional groups attached to an aromatic ring is 1. The van der Waals surface area contributed by atoms with E-state index < -0.39 is 0 Å². The summed E-state index contributed by atoms with van der Waals surface area (Å²) in [6, 6.07) is 5.46. The Kier molecular flexibility index (Phi) is 4.09. The number of hydrogen-bond acceptors (Lipinski definition) is 6. The summed E-state index contributed by atoms with van der Waals surface area (Å²) in [5.74, 6) is 1.15. The molecule has 0 aliphatic heterocycles. The lowest BCUT2D eigenvalue weighted by Crippen LogP contribution is -2.14. The van der Waals surface area contributed by atoms with E-state index in [1.807, 2.05) is 6.07 Å². The minimum Gasteiger partial charge on any atom is -0.495 e. The average molecular weight is 276 g/mol. The number of hydrogen-bond donors (Lipinski definition) is 3. The van der Waals surface area contributed by atoms with Crippen LogP contribution in [0.4, 0.5) is 11.5 Å². The van der Waals surface area contributed by atoms with Gasteiger partial charge >= 0.3 is 0 Å². The number of nitrogens with zero attached hydrogens (tertiary/aromatic N) is 1. The third kappa shape index (κ3) is 2.82. The molecule has 1 aromatic heterocycles. The van der Waals surface area contributed by atoms with Gasteiger partial charge in [0.25, 0.3) is 5.56 Å². The zero-order chi connectivity index (χ0) is 14.5. The Bertz CT molecular complexity index is 654. The van der Waals surface area contributed by atoms with Gasteiger partial charge in [0.2, 0.25) is 5.75 Å². The molecule has 2 aromatic rings. The Labute approximate surface area is 115 Å². The Morgan fingerprint density at radius 1 is 1.35 bits per heavy atom. The van der Waals surface area contributed by atoms with Crippen LogP contribution >= 0.6 is 0 Å². The SMILES string of the molecule is COc1ccc(CNc2nc[nH]c(=O)c2OC)cc1N. The first kappa shape index (κ1) is 13.7. The van der Waals surface area contributed by atoms with Gasteiger partial charge in [-0.3, -0.25) is 4.79 Å². The molecule has 7 nitrogen and oxygen atoms in total. The van der Waals surface area contributed by atoms with E-state index in [4.69, 9.17) is 15.2 Å². The number of methoxy groups -OCH3 is 2. The van der Waals surface area contributed by atoms with E-state index in [0.717, 1.165) is 5.56 Å². The average Bonchev–Trinajstić information content (AvgIpc) is 2.45. The number of rotatable bonds is 5. The van der Waals surface area contributed by atoms with Crippen molar-refractivity contribution in [2.75, 3.05) is 25.3 Å². The van der Waals surface area contributed by atoms with Gasteiger partial charge in [-0.2, -0.15) is 0 Å². The minimum absolute atomic E-state index is 0.147. The van der Waals surface area contributed by atoms with Crippen molar-refractivity contribution in [1.29, 1.82) is 0 Å². The van der Waals surface area contributed by atoms with Crippen molar-refractivity contribution in [3.8, 4) is 11.5 Å². The van der Waals surface area contributed by atoms with E-state index in [2.05, 4.69) is 15.3 Å². The van der Waals surface area contributed by atoms with Gasteiger partial charge in [0, 0.05) is 6.54 Å². The number of aromatic nitrogens is 2. The first-order valence-electron chi connectivity index (χ1n) is 5.93. The molecule has 0 saturated carbocycles. The summed E-state index contributed by atoms with van der Waals surface area (Å²) in [4.78, 5) is 18.0. The van der Waals surface area contributed by atoms with Crippen molar-refractivity contribution >= 4 is 11.5 Å². The fourth-order valence-corrected chi connectivity index (χ4v) is 1.78. The number of aromatic amines is 1. The zero-order valence-corrected chi connectivity index (χ0v) is 11.3. The van der Waals surface area contributed by atoms with Crippen LogP contribution in [0.2, 0.25) is 0 Å². The second-order valence-corrected chi connectivity index (χ2v) is 4.04. The van der Waals surface area contributed by atoms with Crippen molar-refractivity contribution in [1.82, 2.24) is 9.97 Å². The van der Waals surface area contributed by atoms with Gasteiger partial charge in [-0.15, -0.1) is 0 Å². The molecule has 106 valence electrons. The van der Waals surface area contributed by atoms with Crippen molar-refractivity contribution in [3.63, 3.8) is 0 Å². The molecule has 0 amide bonds. The molecule has 0 aliphatic carbocycles. The smallest absolute Gasteiger partial charge is 0.295 e. The van der Waals surface area contributed by atoms with Gasteiger partial charge in [0.05, 0.1) is 26.2 Å². The van der Waals surface area contributed by atoms with Gasteiger partial charge in [0.1, 0.15) is 5.75 Å². The second kappa shape index (κ2) is 5.96. The number of anilines is 2. The molecule has 2 rings (SSSR count). The number of H-pyrrole nitrogens is 1. The second-order valence-electron chi connectivity index (χ2n) is 4.04. The molecule has 0 fully saturated rings. The summed E-state index contributed by atoms with van der Waals surface area (Å²) in [5.41, 5.74) is 6.99. The predicted octanol–water partition coefficient (Wildman–Crippen LogP) is 0.981. The van der Waals surface area contributed by atoms with E-state index in [1.165, 1.54) is 13.4 Å². The van der Waals surface area contributed by atoms with Crippen LogP contribution in [0.25, 0.3) is 0 Å². The third-order valence-electron chi connectivity index (χ3n) is 2.77. The van der Waals surface area contributed by atoms with E-state index in [-0.39, 0.29) is 11.3 Å². The summed E-state index contributed by atoms with van der Waals surface area (Å²) in [6.45, 7) is 0.459. The highest BCUT2D eigenvalue weighted by Crippen LogP contribution is 2.23. The van der Waals surface area contributed by atoms with Crippen molar-refractivity contribution in [3.05, 3.63) is 40.4 Å². The van der Waals surface area contributed by atoms with Gasteiger partial charge < -0.3 is 25.5 Å². The molecule has 1 heterocycles. The summed E-state index contributed by atoms with van der Waals surface area (Å²) >= 11 is 0. The largest absolute Gasteiger partial charge is 0.495 e. The van der Waals surface area contributed by atoms with Gasteiger partial charge in [-0.25, -0.2) is 4.98 Å². The summed E-state index contributed by atoms with van der Waals surface area (Å²) in [5, 5.41) is 3.03. The minimum atomic E-state index is -0.334. The summed E-state index contributed by atoms with van der Waals surface area (Å²) in [7, 11) is 2.98. The zero-order valence-electron chi connectivity index (χ0n) is 11.3. The van der Waals surface area contributed by atoms with E-state index in [1.54, 1.807) is 19.2 Å². The molecule has 0 saturated heterocycles. The van der Waals surface area contributed by atoms with E-state index >= 15 is 0 Å². The molecule has 0 spiro atoms. The van der Waals surface area contributed by atoms with Crippen LogP contribution in [-0.4, -0.2) is 24.2 Å². The molecule has 0 unspecified atom stereocenters. The highest BCUT2D eigenvalue weighted by molar-refractivity contribution is 5.55. The topological polar surface area (TPSA) is 102 Å². The molecule has 0 radical (unpaired) electrons. The highest BCUT2D eigenvalue weighted by Gasteiger charge is 2.08. The van der Waals surface area contributed by atoms with Crippen LogP contribution in [0.15, 0.2) is 29.3 Å². The van der Waals surface area contributed by atoms with Gasteiger partial charge in [-0.1, -0.05) is 6.07 Å². The fraction of sp³-hybridized carbons (Fsp3) is 0.231. The van der Waals surface area contributed by atoms with Crippen molar-refractivity contribution < 1.29 is 9.47 Å². The monoisotopic (exact) mass is 276 g/mol. The Morgan fingerprint density at radius 3 is 2.80 bits per heavy atom. The van der Waals surface area contributed by atoms with Gasteiger partial charge in [-0.05, 0) is 17.7 Å². The Balaban J connectivity index is 2.15.